The van der Waals surface area contributed by atoms with Gasteiger partial charge in [0.15, 0.2) is 0 Å². The van der Waals surface area contributed by atoms with E-state index < -0.39 is 0 Å². The van der Waals surface area contributed by atoms with Crippen molar-refractivity contribution in [1.29, 1.82) is 0 Å². The van der Waals surface area contributed by atoms with Gasteiger partial charge >= 0.3 is 0 Å². The van der Waals surface area contributed by atoms with Crippen molar-refractivity contribution in [2.75, 3.05) is 31.4 Å². The van der Waals surface area contributed by atoms with Gasteiger partial charge in [-0.05, 0) is 12.3 Å². The fourth-order valence-corrected chi connectivity index (χ4v) is 2.30. The molecule has 1 saturated heterocycles. The first kappa shape index (κ1) is 17.0. The Balaban J connectivity index is 0.00000256. The maximum Gasteiger partial charge on any atom is 0.238 e. The molecule has 0 bridgehead atoms. The lowest BCUT2D eigenvalue weighted by Gasteiger charge is -2.11. The van der Waals surface area contributed by atoms with Crippen LogP contribution in [0.1, 0.15) is 20.3 Å². The van der Waals surface area contributed by atoms with Crippen molar-refractivity contribution in [3.8, 4) is 0 Å². The van der Waals surface area contributed by atoms with Crippen LogP contribution in [0.2, 0.25) is 0 Å². The van der Waals surface area contributed by atoms with Gasteiger partial charge < -0.3 is 10.1 Å². The van der Waals surface area contributed by atoms with Crippen LogP contribution in [0.3, 0.4) is 0 Å². The predicted molar refractivity (Wildman–Crippen MR) is 74.8 cm³/mol. The quantitative estimate of drug-likeness (QED) is 0.690. The summed E-state index contributed by atoms with van der Waals surface area (Å²) in [7, 11) is 0. The number of amides is 1. The summed E-state index contributed by atoms with van der Waals surface area (Å²) in [5.41, 5.74) is 0. The van der Waals surface area contributed by atoms with E-state index in [-0.39, 0.29) is 24.4 Å². The van der Waals surface area contributed by atoms with Gasteiger partial charge in [-0.1, -0.05) is 13.8 Å². The molecule has 1 heterocycles. The van der Waals surface area contributed by atoms with E-state index in [0.717, 1.165) is 24.7 Å². The Labute approximate surface area is 114 Å². The summed E-state index contributed by atoms with van der Waals surface area (Å²) >= 11 is 1.76. The SMILES string of the molecule is CC(C)CCOCCNC(=O)C1CSCN1.Cl. The van der Waals surface area contributed by atoms with Crippen LogP contribution in [0, 0.1) is 5.92 Å². The van der Waals surface area contributed by atoms with E-state index in [1.54, 1.807) is 11.8 Å². The van der Waals surface area contributed by atoms with Gasteiger partial charge in [0, 0.05) is 24.8 Å². The van der Waals surface area contributed by atoms with E-state index in [4.69, 9.17) is 4.74 Å². The minimum Gasteiger partial charge on any atom is -0.380 e. The first-order valence-electron chi connectivity index (χ1n) is 5.86. The average Bonchev–Trinajstić information content (AvgIpc) is 2.75. The Morgan fingerprint density at radius 3 is 2.88 bits per heavy atom. The summed E-state index contributed by atoms with van der Waals surface area (Å²) in [4.78, 5) is 11.5. The number of hydrogen-bond acceptors (Lipinski definition) is 4. The lowest BCUT2D eigenvalue weighted by Crippen LogP contribution is -2.43. The minimum atomic E-state index is -0.0133. The predicted octanol–water partition coefficient (Wildman–Crippen LogP) is 1.25. The number of hydrogen-bond donors (Lipinski definition) is 2. The molecule has 1 unspecified atom stereocenters. The number of nitrogens with one attached hydrogen (secondary N) is 2. The number of carbonyl (C=O) groups is 1. The summed E-state index contributed by atoms with van der Waals surface area (Å²) in [6, 6.07) is -0.0133. The molecule has 0 spiro atoms. The summed E-state index contributed by atoms with van der Waals surface area (Å²) < 4.78 is 5.42. The first-order valence-corrected chi connectivity index (χ1v) is 7.02. The molecule has 1 atom stereocenters. The Morgan fingerprint density at radius 2 is 2.29 bits per heavy atom. The molecule has 0 aliphatic carbocycles. The Morgan fingerprint density at radius 1 is 1.53 bits per heavy atom. The first-order chi connectivity index (χ1) is 7.70. The standard InChI is InChI=1S/C11H22N2O2S.ClH/c1-9(2)3-5-15-6-4-12-11(14)10-7-16-8-13-10;/h9-10,13H,3-8H2,1-2H3,(H,12,14);1H. The third-order valence-corrected chi connectivity index (χ3v) is 3.36. The summed E-state index contributed by atoms with van der Waals surface area (Å²) in [6.07, 6.45) is 1.08. The second kappa shape index (κ2) is 10.00. The highest BCUT2D eigenvalue weighted by Crippen LogP contribution is 2.08. The van der Waals surface area contributed by atoms with Gasteiger partial charge in [0.2, 0.25) is 5.91 Å². The molecular formula is C11H23ClN2O2S. The Bertz CT molecular complexity index is 212. The zero-order chi connectivity index (χ0) is 11.8. The van der Waals surface area contributed by atoms with Crippen LogP contribution in [0.25, 0.3) is 0 Å². The van der Waals surface area contributed by atoms with Crippen molar-refractivity contribution in [2.45, 2.75) is 26.3 Å². The van der Waals surface area contributed by atoms with E-state index >= 15 is 0 Å². The lowest BCUT2D eigenvalue weighted by molar-refractivity contribution is -0.122. The molecule has 4 nitrogen and oxygen atoms in total. The molecule has 0 aromatic heterocycles. The number of ether oxygens (including phenoxy) is 1. The van der Waals surface area contributed by atoms with Crippen LogP contribution in [-0.2, 0) is 9.53 Å². The van der Waals surface area contributed by atoms with Gasteiger partial charge in [0.25, 0.3) is 0 Å². The van der Waals surface area contributed by atoms with E-state index in [2.05, 4.69) is 24.5 Å². The second-order valence-corrected chi connectivity index (χ2v) is 5.39. The number of thioether (sulfide) groups is 1. The van der Waals surface area contributed by atoms with Crippen molar-refractivity contribution >= 4 is 30.1 Å². The molecule has 17 heavy (non-hydrogen) atoms. The minimum absolute atomic E-state index is 0. The van der Waals surface area contributed by atoms with Gasteiger partial charge in [-0.25, -0.2) is 0 Å². The van der Waals surface area contributed by atoms with E-state index in [1.165, 1.54) is 0 Å². The Kier molecular flexibility index (Phi) is 10.0. The highest BCUT2D eigenvalue weighted by molar-refractivity contribution is 7.99. The molecule has 1 fully saturated rings. The zero-order valence-electron chi connectivity index (χ0n) is 10.5. The zero-order valence-corrected chi connectivity index (χ0v) is 12.2. The summed E-state index contributed by atoms with van der Waals surface area (Å²) in [5.74, 6) is 2.52. The molecule has 1 aliphatic rings. The van der Waals surface area contributed by atoms with Crippen LogP contribution >= 0.6 is 24.2 Å². The van der Waals surface area contributed by atoms with Crippen LogP contribution < -0.4 is 10.6 Å². The molecule has 0 aromatic rings. The smallest absolute Gasteiger partial charge is 0.238 e. The molecular weight excluding hydrogens is 260 g/mol. The van der Waals surface area contributed by atoms with Crippen LogP contribution in [0.5, 0.6) is 0 Å². The number of carbonyl (C=O) groups excluding carboxylic acids is 1. The molecule has 0 aromatic carbocycles. The molecule has 1 rings (SSSR count). The van der Waals surface area contributed by atoms with E-state index in [9.17, 15) is 4.79 Å². The molecule has 102 valence electrons. The van der Waals surface area contributed by atoms with Crippen LogP contribution in [-0.4, -0.2) is 43.3 Å². The maximum absolute atomic E-state index is 11.5. The fourth-order valence-electron chi connectivity index (χ4n) is 1.35. The molecule has 1 amide bonds. The topological polar surface area (TPSA) is 50.4 Å². The maximum atomic E-state index is 11.5. The second-order valence-electron chi connectivity index (χ2n) is 4.36. The summed E-state index contributed by atoms with van der Waals surface area (Å²) in [6.45, 7) is 6.35. The van der Waals surface area contributed by atoms with Crippen LogP contribution in [0.15, 0.2) is 0 Å². The van der Waals surface area contributed by atoms with E-state index in [1.807, 2.05) is 0 Å². The Hall–Kier alpha value is 0.0300. The molecule has 0 radical (unpaired) electrons. The van der Waals surface area contributed by atoms with Gasteiger partial charge in [0.1, 0.15) is 0 Å². The van der Waals surface area contributed by atoms with E-state index in [0.29, 0.717) is 19.1 Å². The van der Waals surface area contributed by atoms with Gasteiger partial charge in [-0.3, -0.25) is 10.1 Å². The largest absolute Gasteiger partial charge is 0.380 e. The van der Waals surface area contributed by atoms with Crippen molar-refractivity contribution < 1.29 is 9.53 Å². The fraction of sp³-hybridized carbons (Fsp3) is 0.909. The lowest BCUT2D eigenvalue weighted by atomic mass is 10.1. The highest BCUT2D eigenvalue weighted by atomic mass is 35.5. The van der Waals surface area contributed by atoms with Gasteiger partial charge in [0.05, 0.1) is 12.6 Å². The average molecular weight is 283 g/mol. The molecule has 6 heteroatoms. The monoisotopic (exact) mass is 282 g/mol. The third kappa shape index (κ3) is 7.86. The molecule has 0 saturated carbocycles. The van der Waals surface area contributed by atoms with Gasteiger partial charge in [-0.15, -0.1) is 24.2 Å². The molecule has 1 aliphatic heterocycles. The van der Waals surface area contributed by atoms with Crippen molar-refractivity contribution in [3.63, 3.8) is 0 Å². The number of halogens is 1. The molecule has 2 N–H and O–H groups in total. The van der Waals surface area contributed by atoms with Crippen molar-refractivity contribution in [2.24, 2.45) is 5.92 Å². The normalized spacial score (nSPS) is 19.1. The third-order valence-electron chi connectivity index (χ3n) is 2.42. The highest BCUT2D eigenvalue weighted by Gasteiger charge is 2.21. The van der Waals surface area contributed by atoms with Crippen LogP contribution in [0.4, 0.5) is 0 Å². The van der Waals surface area contributed by atoms with Gasteiger partial charge in [-0.2, -0.15) is 0 Å². The summed E-state index contributed by atoms with van der Waals surface area (Å²) in [5, 5.41) is 6.01. The van der Waals surface area contributed by atoms with Crippen molar-refractivity contribution in [1.82, 2.24) is 10.6 Å². The number of rotatable bonds is 7. The van der Waals surface area contributed by atoms with Crippen molar-refractivity contribution in [3.05, 3.63) is 0 Å².